The van der Waals surface area contributed by atoms with Gasteiger partial charge in [0.1, 0.15) is 5.82 Å². The fourth-order valence-corrected chi connectivity index (χ4v) is 1.58. The molecule has 0 unspecified atom stereocenters. The molecule has 0 aliphatic carbocycles. The minimum absolute atomic E-state index is 0.00965. The summed E-state index contributed by atoms with van der Waals surface area (Å²) in [4.78, 5) is 11.1. The van der Waals surface area contributed by atoms with Gasteiger partial charge in [-0.05, 0) is 19.4 Å². The Morgan fingerprint density at radius 2 is 2.28 bits per heavy atom. The monoisotopic (exact) mass is 274 g/mol. The number of rotatable bonds is 6. The predicted molar refractivity (Wildman–Crippen MR) is 70.2 cm³/mol. The van der Waals surface area contributed by atoms with Crippen LogP contribution in [0.4, 0.5) is 15.8 Å². The van der Waals surface area contributed by atoms with E-state index in [0.29, 0.717) is 37.4 Å². The van der Waals surface area contributed by atoms with E-state index in [0.717, 1.165) is 0 Å². The molecule has 0 spiro atoms. The second-order valence-corrected chi connectivity index (χ2v) is 4.10. The lowest BCUT2D eigenvalue weighted by Gasteiger charge is -2.10. The maximum Gasteiger partial charge on any atom is 0.305 e. The van der Waals surface area contributed by atoms with Gasteiger partial charge in [-0.15, -0.1) is 0 Å². The van der Waals surface area contributed by atoms with Crippen molar-refractivity contribution >= 4 is 28.9 Å². The SMILES string of the molecule is CCOC(=O)CCCNc1cc(F)c(Cl)cc1N. The third kappa shape index (κ3) is 4.41. The Labute approximate surface area is 110 Å². The van der Waals surface area contributed by atoms with Crippen molar-refractivity contribution in [1.82, 2.24) is 0 Å². The van der Waals surface area contributed by atoms with Gasteiger partial charge in [-0.25, -0.2) is 4.39 Å². The van der Waals surface area contributed by atoms with Gasteiger partial charge in [0.05, 0.1) is 23.0 Å². The molecule has 18 heavy (non-hydrogen) atoms. The van der Waals surface area contributed by atoms with E-state index >= 15 is 0 Å². The molecule has 0 aromatic heterocycles. The summed E-state index contributed by atoms with van der Waals surface area (Å²) in [5.74, 6) is -0.770. The summed E-state index contributed by atoms with van der Waals surface area (Å²) in [6, 6.07) is 2.59. The van der Waals surface area contributed by atoms with E-state index in [1.165, 1.54) is 12.1 Å². The third-order valence-corrected chi connectivity index (χ3v) is 2.56. The van der Waals surface area contributed by atoms with Crippen molar-refractivity contribution in [1.29, 1.82) is 0 Å². The number of halogens is 2. The molecule has 4 nitrogen and oxygen atoms in total. The van der Waals surface area contributed by atoms with Gasteiger partial charge in [-0.2, -0.15) is 0 Å². The Morgan fingerprint density at radius 3 is 2.94 bits per heavy atom. The molecule has 0 saturated carbocycles. The summed E-state index contributed by atoms with van der Waals surface area (Å²) in [5, 5.41) is 2.94. The zero-order chi connectivity index (χ0) is 13.5. The number of nitrogens with two attached hydrogens (primary N) is 1. The van der Waals surface area contributed by atoms with E-state index in [-0.39, 0.29) is 11.0 Å². The number of ether oxygens (including phenoxy) is 1. The van der Waals surface area contributed by atoms with E-state index in [1.54, 1.807) is 6.92 Å². The lowest BCUT2D eigenvalue weighted by Crippen LogP contribution is -2.09. The van der Waals surface area contributed by atoms with Crippen LogP contribution in [0.2, 0.25) is 5.02 Å². The summed E-state index contributed by atoms with van der Waals surface area (Å²) >= 11 is 5.58. The molecular formula is C12H16ClFN2O2. The fraction of sp³-hybridized carbons (Fsp3) is 0.417. The Balaban J connectivity index is 2.40. The number of benzene rings is 1. The zero-order valence-corrected chi connectivity index (χ0v) is 10.9. The van der Waals surface area contributed by atoms with Crippen molar-refractivity contribution in [2.75, 3.05) is 24.2 Å². The van der Waals surface area contributed by atoms with Gasteiger partial charge in [-0.1, -0.05) is 11.6 Å². The van der Waals surface area contributed by atoms with Crippen LogP contribution < -0.4 is 11.1 Å². The average Bonchev–Trinajstić information content (AvgIpc) is 2.31. The molecule has 0 aliphatic rings. The number of hydrogen-bond acceptors (Lipinski definition) is 4. The topological polar surface area (TPSA) is 64.3 Å². The lowest BCUT2D eigenvalue weighted by atomic mass is 10.2. The minimum Gasteiger partial charge on any atom is -0.466 e. The summed E-state index contributed by atoms with van der Waals surface area (Å²) < 4.78 is 18.0. The van der Waals surface area contributed by atoms with Crippen LogP contribution in [-0.4, -0.2) is 19.1 Å². The highest BCUT2D eigenvalue weighted by Gasteiger charge is 2.06. The number of hydrogen-bond donors (Lipinski definition) is 2. The second-order valence-electron chi connectivity index (χ2n) is 3.69. The van der Waals surface area contributed by atoms with Crippen molar-refractivity contribution < 1.29 is 13.9 Å². The highest BCUT2D eigenvalue weighted by atomic mass is 35.5. The maximum absolute atomic E-state index is 13.2. The van der Waals surface area contributed by atoms with Crippen LogP contribution in [0.1, 0.15) is 19.8 Å². The van der Waals surface area contributed by atoms with Gasteiger partial charge in [0.25, 0.3) is 0 Å². The standard InChI is InChI=1S/C12H16ClFN2O2/c1-2-18-12(17)4-3-5-16-11-7-9(14)8(13)6-10(11)15/h6-7,16H,2-5,15H2,1H3. The van der Waals surface area contributed by atoms with E-state index in [1.807, 2.05) is 0 Å². The van der Waals surface area contributed by atoms with Crippen LogP contribution >= 0.6 is 11.6 Å². The number of carbonyl (C=O) groups excluding carboxylic acids is 1. The first kappa shape index (κ1) is 14.6. The molecule has 0 fully saturated rings. The molecule has 0 radical (unpaired) electrons. The Morgan fingerprint density at radius 1 is 1.56 bits per heavy atom. The molecule has 100 valence electrons. The number of nitrogens with one attached hydrogen (secondary N) is 1. The highest BCUT2D eigenvalue weighted by Crippen LogP contribution is 2.25. The quantitative estimate of drug-likeness (QED) is 0.476. The highest BCUT2D eigenvalue weighted by molar-refractivity contribution is 6.31. The number of carbonyl (C=O) groups is 1. The molecule has 3 N–H and O–H groups in total. The molecule has 0 aliphatic heterocycles. The summed E-state index contributed by atoms with van der Waals surface area (Å²) in [5.41, 5.74) is 6.52. The Kier molecular flexibility index (Phi) is 5.71. The van der Waals surface area contributed by atoms with E-state index in [9.17, 15) is 9.18 Å². The van der Waals surface area contributed by atoms with Crippen molar-refractivity contribution in [3.8, 4) is 0 Å². The smallest absolute Gasteiger partial charge is 0.305 e. The second kappa shape index (κ2) is 7.06. The average molecular weight is 275 g/mol. The van der Waals surface area contributed by atoms with Crippen LogP contribution in [0, 0.1) is 5.82 Å². The van der Waals surface area contributed by atoms with Crippen molar-refractivity contribution in [3.05, 3.63) is 23.0 Å². The normalized spacial score (nSPS) is 10.2. The maximum atomic E-state index is 13.2. The zero-order valence-electron chi connectivity index (χ0n) is 10.1. The predicted octanol–water partition coefficient (Wildman–Crippen LogP) is 2.82. The van der Waals surface area contributed by atoms with Crippen LogP contribution in [-0.2, 0) is 9.53 Å². The van der Waals surface area contributed by atoms with Crippen LogP contribution in [0.15, 0.2) is 12.1 Å². The van der Waals surface area contributed by atoms with Crippen LogP contribution in [0.25, 0.3) is 0 Å². The number of nitrogen functional groups attached to an aromatic ring is 1. The largest absolute Gasteiger partial charge is 0.466 e. The number of esters is 1. The molecule has 1 aromatic carbocycles. The van der Waals surface area contributed by atoms with Gasteiger partial charge in [0.15, 0.2) is 0 Å². The summed E-state index contributed by atoms with van der Waals surface area (Å²) in [6.45, 7) is 2.64. The molecule has 0 amide bonds. The molecule has 0 saturated heterocycles. The van der Waals surface area contributed by atoms with Crippen LogP contribution in [0.5, 0.6) is 0 Å². The minimum atomic E-state index is -0.529. The Bertz CT molecular complexity index is 427. The van der Waals surface area contributed by atoms with Gasteiger partial charge < -0.3 is 15.8 Å². The molecule has 0 heterocycles. The first-order chi connectivity index (χ1) is 8.54. The first-order valence-electron chi connectivity index (χ1n) is 5.68. The fourth-order valence-electron chi connectivity index (χ4n) is 1.40. The van der Waals surface area contributed by atoms with Gasteiger partial charge >= 0.3 is 5.97 Å². The van der Waals surface area contributed by atoms with E-state index in [4.69, 9.17) is 22.1 Å². The summed E-state index contributed by atoms with van der Waals surface area (Å²) in [6.07, 6.45) is 0.902. The van der Waals surface area contributed by atoms with Gasteiger partial charge in [-0.3, -0.25) is 4.79 Å². The molecule has 6 heteroatoms. The van der Waals surface area contributed by atoms with Gasteiger partial charge in [0, 0.05) is 19.0 Å². The van der Waals surface area contributed by atoms with Crippen molar-refractivity contribution in [2.24, 2.45) is 0 Å². The van der Waals surface area contributed by atoms with Gasteiger partial charge in [0.2, 0.25) is 0 Å². The van der Waals surface area contributed by atoms with Crippen LogP contribution in [0.3, 0.4) is 0 Å². The van der Waals surface area contributed by atoms with E-state index < -0.39 is 5.82 Å². The molecule has 0 bridgehead atoms. The molecule has 1 rings (SSSR count). The first-order valence-corrected chi connectivity index (χ1v) is 6.06. The van der Waals surface area contributed by atoms with E-state index in [2.05, 4.69) is 5.32 Å². The van der Waals surface area contributed by atoms with Crippen molar-refractivity contribution in [2.45, 2.75) is 19.8 Å². The third-order valence-electron chi connectivity index (χ3n) is 2.27. The summed E-state index contributed by atoms with van der Waals surface area (Å²) in [7, 11) is 0. The molecular weight excluding hydrogens is 259 g/mol. The molecule has 0 atom stereocenters. The number of anilines is 2. The molecule has 1 aromatic rings. The van der Waals surface area contributed by atoms with Crippen molar-refractivity contribution in [3.63, 3.8) is 0 Å². The Hall–Kier alpha value is -1.49. The lowest BCUT2D eigenvalue weighted by molar-refractivity contribution is -0.143.